The van der Waals surface area contributed by atoms with Gasteiger partial charge in [-0.15, -0.1) is 0 Å². The summed E-state index contributed by atoms with van der Waals surface area (Å²) in [4.78, 5) is 28.9. The lowest BCUT2D eigenvalue weighted by Gasteiger charge is -2.25. The van der Waals surface area contributed by atoms with E-state index in [2.05, 4.69) is 10.3 Å². The Morgan fingerprint density at radius 2 is 2.10 bits per heavy atom. The number of methoxy groups -OCH3 is 1. The van der Waals surface area contributed by atoms with Crippen molar-refractivity contribution in [2.45, 2.75) is 70.1 Å². The summed E-state index contributed by atoms with van der Waals surface area (Å²) in [5.41, 5.74) is -0.267. The summed E-state index contributed by atoms with van der Waals surface area (Å²) < 4.78 is 41.9. The van der Waals surface area contributed by atoms with E-state index in [1.165, 1.54) is 19.4 Å². The molecule has 0 unspecified atom stereocenters. The van der Waals surface area contributed by atoms with E-state index >= 15 is 0 Å². The minimum Gasteiger partial charge on any atom is -0.503 e. The number of halogens is 2. The smallest absolute Gasteiger partial charge is 0.329 e. The topological polar surface area (TPSA) is 107 Å². The summed E-state index contributed by atoms with van der Waals surface area (Å²) in [6.45, 7) is 2.31. The van der Waals surface area contributed by atoms with Crippen molar-refractivity contribution in [2.24, 2.45) is 0 Å². The van der Waals surface area contributed by atoms with Gasteiger partial charge in [0.25, 0.3) is 5.91 Å². The van der Waals surface area contributed by atoms with E-state index in [-0.39, 0.29) is 18.1 Å². The highest BCUT2D eigenvalue weighted by molar-refractivity contribution is 5.97. The van der Waals surface area contributed by atoms with Crippen LogP contribution in [0.5, 0.6) is 11.5 Å². The minimum atomic E-state index is -2.83. The van der Waals surface area contributed by atoms with Gasteiger partial charge in [-0.3, -0.25) is 4.79 Å². The summed E-state index contributed by atoms with van der Waals surface area (Å²) in [5, 5.41) is 12.6. The predicted octanol–water partition coefficient (Wildman–Crippen LogP) is 2.83. The Bertz CT molecular complexity index is 740. The van der Waals surface area contributed by atoms with Gasteiger partial charge >= 0.3 is 5.97 Å². The van der Waals surface area contributed by atoms with Gasteiger partial charge in [-0.05, 0) is 26.7 Å². The summed E-state index contributed by atoms with van der Waals surface area (Å²) >= 11 is 0. The Morgan fingerprint density at radius 3 is 2.77 bits per heavy atom. The second kappa shape index (κ2) is 10.5. The zero-order valence-corrected chi connectivity index (χ0v) is 17.3. The Kier molecular flexibility index (Phi) is 8.33. The zero-order chi connectivity index (χ0) is 22.3. The first-order chi connectivity index (χ1) is 14.1. The van der Waals surface area contributed by atoms with Crippen LogP contribution in [0.15, 0.2) is 12.3 Å². The van der Waals surface area contributed by atoms with E-state index in [4.69, 9.17) is 14.2 Å². The van der Waals surface area contributed by atoms with Gasteiger partial charge < -0.3 is 24.6 Å². The van der Waals surface area contributed by atoms with Crippen molar-refractivity contribution in [2.75, 3.05) is 13.7 Å². The number of cyclic esters (lactones) is 1. The third kappa shape index (κ3) is 6.79. The number of hydrogen-bond donors (Lipinski definition) is 2. The molecule has 0 radical (unpaired) electrons. The molecule has 0 aromatic carbocycles. The second-order valence-corrected chi connectivity index (χ2v) is 7.39. The highest BCUT2D eigenvalue weighted by atomic mass is 19.3. The molecule has 0 saturated carbocycles. The number of ether oxygens (including phenoxy) is 3. The van der Waals surface area contributed by atoms with Crippen LogP contribution in [0, 0.1) is 0 Å². The van der Waals surface area contributed by atoms with Crippen molar-refractivity contribution in [1.82, 2.24) is 10.3 Å². The Labute approximate surface area is 173 Å². The van der Waals surface area contributed by atoms with Crippen molar-refractivity contribution in [3.63, 3.8) is 0 Å². The van der Waals surface area contributed by atoms with Crippen molar-refractivity contribution >= 4 is 11.9 Å². The van der Waals surface area contributed by atoms with Gasteiger partial charge in [0.2, 0.25) is 5.92 Å². The van der Waals surface area contributed by atoms with Crippen molar-refractivity contribution < 1.29 is 37.7 Å². The molecule has 3 atom stereocenters. The molecule has 1 aromatic heterocycles. The third-order valence-electron chi connectivity index (χ3n) is 4.84. The van der Waals surface area contributed by atoms with Crippen molar-refractivity contribution in [3.8, 4) is 11.5 Å². The summed E-state index contributed by atoms with van der Waals surface area (Å²) in [6, 6.07) is 0.461. The molecule has 10 heteroatoms. The molecule has 2 N–H and O–H groups in total. The van der Waals surface area contributed by atoms with Crippen LogP contribution in [-0.2, 0) is 14.3 Å². The van der Waals surface area contributed by atoms with Crippen LogP contribution in [0.3, 0.4) is 0 Å². The Balaban J connectivity index is 2.01. The zero-order valence-electron chi connectivity index (χ0n) is 17.3. The highest BCUT2D eigenvalue weighted by Gasteiger charge is 2.31. The first-order valence-electron chi connectivity index (χ1n) is 9.85. The second-order valence-electron chi connectivity index (χ2n) is 7.39. The van der Waals surface area contributed by atoms with Gasteiger partial charge in [-0.25, -0.2) is 18.6 Å². The average Bonchev–Trinajstić information content (AvgIpc) is 2.72. The number of rotatable bonds is 7. The molecule has 1 aromatic rings. The maximum absolute atomic E-state index is 13.0. The van der Waals surface area contributed by atoms with E-state index in [1.807, 2.05) is 0 Å². The summed E-state index contributed by atoms with van der Waals surface area (Å²) in [5.74, 6) is -4.57. The molecule has 168 valence electrons. The number of aromatic hydroxyl groups is 1. The number of alkyl halides is 2. The first kappa shape index (κ1) is 23.8. The number of nitrogens with one attached hydrogen (secondary N) is 1. The molecule has 0 spiro atoms. The van der Waals surface area contributed by atoms with Gasteiger partial charge in [0.1, 0.15) is 12.1 Å². The molecule has 30 heavy (non-hydrogen) atoms. The number of hydrogen-bond acceptors (Lipinski definition) is 7. The van der Waals surface area contributed by atoms with Gasteiger partial charge in [-0.1, -0.05) is 12.8 Å². The third-order valence-corrected chi connectivity index (χ3v) is 4.84. The van der Waals surface area contributed by atoms with Crippen molar-refractivity contribution in [1.29, 1.82) is 0 Å². The van der Waals surface area contributed by atoms with E-state index in [0.717, 1.165) is 6.92 Å². The molecule has 1 aliphatic heterocycles. The number of esters is 1. The molecule has 1 amide bonds. The molecular formula is C20H28F2N2O6. The van der Waals surface area contributed by atoms with E-state index in [1.54, 1.807) is 6.92 Å². The van der Waals surface area contributed by atoms with Crippen LogP contribution in [0.1, 0.15) is 56.4 Å². The molecule has 0 bridgehead atoms. The molecule has 2 heterocycles. The van der Waals surface area contributed by atoms with Gasteiger partial charge in [0.15, 0.2) is 17.2 Å². The molecule has 0 aliphatic carbocycles. The van der Waals surface area contributed by atoms with Crippen LogP contribution in [-0.4, -0.2) is 59.9 Å². The minimum absolute atomic E-state index is 0.0819. The van der Waals surface area contributed by atoms with Gasteiger partial charge in [0.05, 0.1) is 19.8 Å². The van der Waals surface area contributed by atoms with E-state index < -0.39 is 48.2 Å². The molecular weight excluding hydrogens is 402 g/mol. The maximum atomic E-state index is 13.0. The van der Waals surface area contributed by atoms with E-state index in [0.29, 0.717) is 25.7 Å². The molecule has 2 rings (SSSR count). The van der Waals surface area contributed by atoms with Gasteiger partial charge in [-0.2, -0.15) is 0 Å². The highest BCUT2D eigenvalue weighted by Crippen LogP contribution is 2.28. The van der Waals surface area contributed by atoms with Crippen LogP contribution < -0.4 is 10.1 Å². The number of aromatic nitrogens is 1. The number of nitrogens with zero attached hydrogens (tertiary/aromatic N) is 1. The normalized spacial score (nSPS) is 23.0. The van der Waals surface area contributed by atoms with Crippen LogP contribution in [0.4, 0.5) is 8.78 Å². The standard InChI is InChI=1S/C20H28F2N2O6/c1-12-14(29-11-9-20(2,21)22)7-5-4-6-13(19(27)30-12)24-18(26)16-17(25)15(28-3)8-10-23-16/h8,10,12-14,25H,4-7,9,11H2,1-3H3,(H,24,26)/t12-,13-,14+/m0/s1. The van der Waals surface area contributed by atoms with Crippen LogP contribution >= 0.6 is 0 Å². The lowest BCUT2D eigenvalue weighted by molar-refractivity contribution is -0.159. The predicted molar refractivity (Wildman–Crippen MR) is 103 cm³/mol. The lowest BCUT2D eigenvalue weighted by atomic mass is 10.0. The quantitative estimate of drug-likeness (QED) is 0.641. The monoisotopic (exact) mass is 430 g/mol. The SMILES string of the molecule is COc1ccnc(C(=O)N[C@H]2CCCC[C@@H](OCCC(C)(F)F)[C@H](C)OC2=O)c1O. The van der Waals surface area contributed by atoms with Crippen LogP contribution in [0.25, 0.3) is 0 Å². The number of carbonyl (C=O) groups is 2. The van der Waals surface area contributed by atoms with Crippen molar-refractivity contribution in [3.05, 3.63) is 18.0 Å². The fourth-order valence-electron chi connectivity index (χ4n) is 3.12. The first-order valence-corrected chi connectivity index (χ1v) is 9.85. The lowest BCUT2D eigenvalue weighted by Crippen LogP contribution is -2.44. The Morgan fingerprint density at radius 1 is 1.40 bits per heavy atom. The molecule has 1 saturated heterocycles. The fraction of sp³-hybridized carbons (Fsp3) is 0.650. The summed E-state index contributed by atoms with van der Waals surface area (Å²) in [6.07, 6.45) is 1.85. The molecule has 8 nitrogen and oxygen atoms in total. The summed E-state index contributed by atoms with van der Waals surface area (Å²) in [7, 11) is 1.34. The van der Waals surface area contributed by atoms with Crippen LogP contribution in [0.2, 0.25) is 0 Å². The van der Waals surface area contributed by atoms with E-state index in [9.17, 15) is 23.5 Å². The molecule has 1 fully saturated rings. The average molecular weight is 430 g/mol. The number of pyridine rings is 1. The molecule has 1 aliphatic rings. The number of carbonyl (C=O) groups excluding carboxylic acids is 2. The van der Waals surface area contributed by atoms with Gasteiger partial charge in [0, 0.05) is 18.7 Å². The largest absolute Gasteiger partial charge is 0.503 e. The maximum Gasteiger partial charge on any atom is 0.329 e. The fourth-order valence-corrected chi connectivity index (χ4v) is 3.12. The Hall–Kier alpha value is -2.49. The number of amides is 1.